The van der Waals surface area contributed by atoms with Crippen molar-refractivity contribution in [3.05, 3.63) is 52.9 Å². The largest absolute Gasteiger partial charge is 0.506 e. The fraction of sp³-hybridized carbons (Fsp3) is 0.278. The number of aromatic nitrogens is 1. The highest BCUT2D eigenvalue weighted by atomic mass is 32.1. The number of phenols is 1. The van der Waals surface area contributed by atoms with Crippen molar-refractivity contribution in [2.24, 2.45) is 0 Å². The van der Waals surface area contributed by atoms with Gasteiger partial charge >= 0.3 is 0 Å². The molecular weight excluding hydrogens is 338 g/mol. The van der Waals surface area contributed by atoms with Crippen LogP contribution in [0.2, 0.25) is 0 Å². The minimum atomic E-state index is 0.376. The van der Waals surface area contributed by atoms with Gasteiger partial charge in [0.1, 0.15) is 23.0 Å². The second-order valence-electron chi connectivity index (χ2n) is 6.02. The molecular formula is C18H20N3OS2+. The summed E-state index contributed by atoms with van der Waals surface area (Å²) in [5.74, 6) is 0.376. The van der Waals surface area contributed by atoms with Crippen LogP contribution in [-0.4, -0.2) is 36.3 Å². The number of para-hydroxylation sites is 2. The average molecular weight is 359 g/mol. The van der Waals surface area contributed by atoms with Gasteiger partial charge < -0.3 is 14.9 Å². The van der Waals surface area contributed by atoms with Gasteiger partial charge in [0.05, 0.1) is 36.7 Å². The molecule has 0 amide bonds. The predicted molar refractivity (Wildman–Crippen MR) is 100 cm³/mol. The second kappa shape index (κ2) is 6.93. The first-order chi connectivity index (χ1) is 11.8. The highest BCUT2D eigenvalue weighted by Gasteiger charge is 2.22. The fourth-order valence-electron chi connectivity index (χ4n) is 3.13. The lowest BCUT2D eigenvalue weighted by Crippen LogP contribution is -3.13. The second-order valence-corrected chi connectivity index (χ2v) is 7.83. The first-order valence-electron chi connectivity index (χ1n) is 8.14. The summed E-state index contributed by atoms with van der Waals surface area (Å²) in [7, 11) is 0. The smallest absolute Gasteiger partial charge is 0.138 e. The van der Waals surface area contributed by atoms with Gasteiger partial charge in [-0.3, -0.25) is 0 Å². The lowest BCUT2D eigenvalue weighted by Gasteiger charge is -2.33. The molecule has 6 heteroatoms. The molecule has 0 unspecified atom stereocenters. The Morgan fingerprint density at radius 3 is 2.67 bits per heavy atom. The molecule has 0 aliphatic carbocycles. The number of nitrogens with one attached hydrogen (secondary N) is 1. The third-order valence-electron chi connectivity index (χ3n) is 4.41. The summed E-state index contributed by atoms with van der Waals surface area (Å²) in [5, 5.41) is 15.4. The fourth-order valence-corrected chi connectivity index (χ4v) is 4.76. The Morgan fingerprint density at radius 2 is 1.92 bits per heavy atom. The van der Waals surface area contributed by atoms with Gasteiger partial charge in [0.2, 0.25) is 0 Å². The molecule has 1 fully saturated rings. The van der Waals surface area contributed by atoms with Crippen molar-refractivity contribution in [3.63, 3.8) is 0 Å². The lowest BCUT2D eigenvalue weighted by atomic mass is 10.2. The maximum Gasteiger partial charge on any atom is 0.138 e. The van der Waals surface area contributed by atoms with Gasteiger partial charge in [-0.25, -0.2) is 4.98 Å². The number of hydrogen-bond donors (Lipinski definition) is 2. The summed E-state index contributed by atoms with van der Waals surface area (Å²) in [4.78, 5) is 9.88. The number of aromatic hydroxyl groups is 1. The number of thiophene rings is 1. The van der Waals surface area contributed by atoms with Gasteiger partial charge in [-0.05, 0) is 23.6 Å². The Hall–Kier alpha value is -1.89. The van der Waals surface area contributed by atoms with E-state index in [1.54, 1.807) is 33.6 Å². The lowest BCUT2D eigenvalue weighted by molar-refractivity contribution is -0.914. The number of phenolic OH excluding ortho intramolecular Hbond substituents is 1. The first kappa shape index (κ1) is 15.6. The summed E-state index contributed by atoms with van der Waals surface area (Å²) >= 11 is 3.48. The number of nitrogens with zero attached hydrogens (tertiary/aromatic N) is 2. The van der Waals surface area contributed by atoms with Crippen LogP contribution >= 0.6 is 22.7 Å². The van der Waals surface area contributed by atoms with E-state index in [2.05, 4.69) is 27.8 Å². The van der Waals surface area contributed by atoms with Crippen molar-refractivity contribution in [2.45, 2.75) is 6.54 Å². The van der Waals surface area contributed by atoms with Crippen LogP contribution in [0.5, 0.6) is 5.75 Å². The minimum Gasteiger partial charge on any atom is -0.506 e. The van der Waals surface area contributed by atoms with Crippen molar-refractivity contribution >= 4 is 28.4 Å². The minimum absolute atomic E-state index is 0.376. The van der Waals surface area contributed by atoms with Crippen LogP contribution in [0.15, 0.2) is 47.2 Å². The standard InChI is InChI=1S/C18H19N3OS2/c22-16-5-2-1-4-15(16)21-9-7-20(8-10-21)12-14-13-24-18(19-14)17-6-3-11-23-17/h1-6,11,13,22H,7-10,12H2/p+1. The highest BCUT2D eigenvalue weighted by Crippen LogP contribution is 2.28. The van der Waals surface area contributed by atoms with Crippen LogP contribution in [0.25, 0.3) is 9.88 Å². The molecule has 1 aliphatic heterocycles. The Morgan fingerprint density at radius 1 is 1.08 bits per heavy atom. The molecule has 2 N–H and O–H groups in total. The zero-order valence-corrected chi connectivity index (χ0v) is 14.9. The van der Waals surface area contributed by atoms with E-state index in [1.807, 2.05) is 18.2 Å². The van der Waals surface area contributed by atoms with Crippen LogP contribution in [-0.2, 0) is 6.54 Å². The van der Waals surface area contributed by atoms with E-state index >= 15 is 0 Å². The molecule has 124 valence electrons. The number of anilines is 1. The van der Waals surface area contributed by atoms with E-state index in [-0.39, 0.29) is 0 Å². The van der Waals surface area contributed by atoms with Crippen molar-refractivity contribution in [2.75, 3.05) is 31.1 Å². The molecule has 24 heavy (non-hydrogen) atoms. The maximum atomic E-state index is 10.0. The Labute approximate surface area is 149 Å². The molecule has 1 aromatic carbocycles. The van der Waals surface area contributed by atoms with E-state index in [0.29, 0.717) is 5.75 Å². The molecule has 4 nitrogen and oxygen atoms in total. The van der Waals surface area contributed by atoms with Gasteiger partial charge in [0.25, 0.3) is 0 Å². The molecule has 4 rings (SSSR count). The normalized spacial score (nSPS) is 15.8. The number of rotatable bonds is 4. The molecule has 1 saturated heterocycles. The van der Waals surface area contributed by atoms with Crippen LogP contribution < -0.4 is 9.80 Å². The molecule has 0 saturated carbocycles. The Balaban J connectivity index is 1.36. The van der Waals surface area contributed by atoms with E-state index in [4.69, 9.17) is 4.98 Å². The van der Waals surface area contributed by atoms with Gasteiger partial charge in [0.15, 0.2) is 0 Å². The average Bonchev–Trinajstić information content (AvgIpc) is 3.27. The molecule has 0 atom stereocenters. The molecule has 3 aromatic rings. The van der Waals surface area contributed by atoms with E-state index in [0.717, 1.165) is 43.4 Å². The molecule has 1 aliphatic rings. The van der Waals surface area contributed by atoms with Crippen molar-refractivity contribution in [1.82, 2.24) is 4.98 Å². The van der Waals surface area contributed by atoms with E-state index in [9.17, 15) is 5.11 Å². The van der Waals surface area contributed by atoms with Crippen LogP contribution in [0.1, 0.15) is 5.69 Å². The van der Waals surface area contributed by atoms with Crippen molar-refractivity contribution in [3.8, 4) is 15.6 Å². The van der Waals surface area contributed by atoms with Gasteiger partial charge in [-0.1, -0.05) is 18.2 Å². The number of benzene rings is 1. The number of piperazine rings is 1. The van der Waals surface area contributed by atoms with Crippen LogP contribution in [0.3, 0.4) is 0 Å². The van der Waals surface area contributed by atoms with Crippen LogP contribution in [0, 0.1) is 0 Å². The third kappa shape index (κ3) is 3.31. The predicted octanol–water partition coefficient (Wildman–Crippen LogP) is 2.48. The summed E-state index contributed by atoms with van der Waals surface area (Å²) in [6.07, 6.45) is 0. The molecule has 3 heterocycles. The number of quaternary nitrogens is 1. The third-order valence-corrected chi connectivity index (χ3v) is 6.34. The maximum absolute atomic E-state index is 10.0. The zero-order valence-electron chi connectivity index (χ0n) is 13.3. The number of thiazole rings is 1. The van der Waals surface area contributed by atoms with Crippen LogP contribution in [0.4, 0.5) is 5.69 Å². The summed E-state index contributed by atoms with van der Waals surface area (Å²) in [6, 6.07) is 11.8. The number of hydrogen-bond acceptors (Lipinski definition) is 5. The van der Waals surface area contributed by atoms with Gasteiger partial charge in [0, 0.05) is 5.38 Å². The first-order valence-corrected chi connectivity index (χ1v) is 9.90. The molecule has 0 radical (unpaired) electrons. The quantitative estimate of drug-likeness (QED) is 0.753. The van der Waals surface area contributed by atoms with E-state index < -0.39 is 0 Å². The summed E-state index contributed by atoms with van der Waals surface area (Å²) in [6.45, 7) is 5.06. The molecule has 0 bridgehead atoms. The molecule has 2 aromatic heterocycles. The van der Waals surface area contributed by atoms with E-state index in [1.165, 1.54) is 10.6 Å². The Kier molecular flexibility index (Phi) is 4.51. The van der Waals surface area contributed by atoms with Crippen molar-refractivity contribution < 1.29 is 10.0 Å². The highest BCUT2D eigenvalue weighted by molar-refractivity contribution is 7.20. The monoisotopic (exact) mass is 358 g/mol. The topological polar surface area (TPSA) is 40.8 Å². The SMILES string of the molecule is Oc1ccccc1N1CC[NH+](Cc2csc(-c3cccs3)n2)CC1. The summed E-state index contributed by atoms with van der Waals surface area (Å²) < 4.78 is 0. The zero-order chi connectivity index (χ0) is 16.4. The Bertz CT molecular complexity index is 792. The van der Waals surface area contributed by atoms with Crippen molar-refractivity contribution in [1.29, 1.82) is 0 Å². The molecule has 0 spiro atoms. The summed E-state index contributed by atoms with van der Waals surface area (Å²) in [5.41, 5.74) is 2.14. The van der Waals surface area contributed by atoms with Gasteiger partial charge in [-0.2, -0.15) is 0 Å². The van der Waals surface area contributed by atoms with Gasteiger partial charge in [-0.15, -0.1) is 22.7 Å².